The van der Waals surface area contributed by atoms with Crippen LogP contribution in [0, 0.1) is 13.8 Å². The van der Waals surface area contributed by atoms with Crippen molar-refractivity contribution in [3.8, 4) is 5.75 Å². The summed E-state index contributed by atoms with van der Waals surface area (Å²) in [5, 5.41) is 0. The van der Waals surface area contributed by atoms with E-state index in [4.69, 9.17) is 10.5 Å². The maximum absolute atomic E-state index is 12.6. The first-order chi connectivity index (χ1) is 9.61. The van der Waals surface area contributed by atoms with E-state index in [0.717, 1.165) is 28.0 Å². The first-order valence-electron chi connectivity index (χ1n) is 6.71. The topological polar surface area (TPSA) is 35.2 Å². The van der Waals surface area contributed by atoms with Gasteiger partial charge in [-0.15, -0.1) is 12.4 Å². The lowest BCUT2D eigenvalue weighted by Crippen LogP contribution is -2.13. The lowest BCUT2D eigenvalue weighted by Gasteiger charge is -2.16. The Bertz CT molecular complexity index is 551. The fraction of sp³-hybridized carbons (Fsp3) is 0.294. The van der Waals surface area contributed by atoms with Crippen LogP contribution in [0.2, 0.25) is 0 Å². The number of hydrogen-bond acceptors (Lipinski definition) is 2. The molecule has 0 heterocycles. The molecule has 4 heteroatoms. The third-order valence-corrected chi connectivity index (χ3v) is 3.30. The largest absolute Gasteiger partial charge is 0.488 e. The molecule has 2 aromatic carbocycles. The summed E-state index contributed by atoms with van der Waals surface area (Å²) < 4.78 is 18.5. The monoisotopic (exact) mass is 309 g/mol. The highest BCUT2D eigenvalue weighted by molar-refractivity contribution is 5.85. The standard InChI is InChI=1S/C17H20FNO.ClH/c1-12-8-15(16(19)10-18)9-13(2)17(12)20-11-14-6-4-3-5-7-14;/h3-9,16H,10-11,19H2,1-2H3;1H/t16-;/m1./s1. The van der Waals surface area contributed by atoms with Crippen molar-refractivity contribution in [3.05, 3.63) is 64.7 Å². The second kappa shape index (κ2) is 8.01. The molecule has 2 nitrogen and oxygen atoms in total. The molecule has 0 aromatic heterocycles. The first-order valence-corrected chi connectivity index (χ1v) is 6.71. The lowest BCUT2D eigenvalue weighted by atomic mass is 10.0. The molecule has 2 aromatic rings. The summed E-state index contributed by atoms with van der Waals surface area (Å²) in [5.41, 5.74) is 9.64. The Morgan fingerprint density at radius 3 is 2.19 bits per heavy atom. The Morgan fingerprint density at radius 2 is 1.67 bits per heavy atom. The van der Waals surface area contributed by atoms with Gasteiger partial charge in [-0.2, -0.15) is 0 Å². The van der Waals surface area contributed by atoms with Crippen LogP contribution in [0.3, 0.4) is 0 Å². The van der Waals surface area contributed by atoms with Gasteiger partial charge in [0.25, 0.3) is 0 Å². The fourth-order valence-corrected chi connectivity index (χ4v) is 2.24. The van der Waals surface area contributed by atoms with E-state index in [1.807, 2.05) is 56.3 Å². The van der Waals surface area contributed by atoms with Crippen LogP contribution in [0.5, 0.6) is 5.75 Å². The Morgan fingerprint density at radius 1 is 1.10 bits per heavy atom. The molecule has 0 spiro atoms. The van der Waals surface area contributed by atoms with E-state index in [1.54, 1.807) is 0 Å². The van der Waals surface area contributed by atoms with Crippen LogP contribution in [-0.4, -0.2) is 6.67 Å². The van der Waals surface area contributed by atoms with E-state index in [2.05, 4.69) is 0 Å². The summed E-state index contributed by atoms with van der Waals surface area (Å²) in [4.78, 5) is 0. The Kier molecular flexibility index (Phi) is 6.66. The third-order valence-electron chi connectivity index (χ3n) is 3.30. The van der Waals surface area contributed by atoms with Gasteiger partial charge in [-0.25, -0.2) is 4.39 Å². The lowest BCUT2D eigenvalue weighted by molar-refractivity contribution is 0.301. The molecule has 0 radical (unpaired) electrons. The maximum atomic E-state index is 12.6. The number of hydrogen-bond donors (Lipinski definition) is 1. The van der Waals surface area contributed by atoms with Crippen LogP contribution in [-0.2, 0) is 6.61 Å². The number of nitrogens with two attached hydrogens (primary N) is 1. The second-order valence-electron chi connectivity index (χ2n) is 5.02. The van der Waals surface area contributed by atoms with Crippen molar-refractivity contribution in [2.24, 2.45) is 5.73 Å². The molecular formula is C17H21ClFNO. The predicted octanol–water partition coefficient (Wildman–Crippen LogP) is 4.27. The van der Waals surface area contributed by atoms with Gasteiger partial charge in [-0.1, -0.05) is 42.5 Å². The molecule has 0 fully saturated rings. The highest BCUT2D eigenvalue weighted by Gasteiger charge is 2.11. The molecular weight excluding hydrogens is 289 g/mol. The minimum Gasteiger partial charge on any atom is -0.488 e. The molecule has 114 valence electrons. The summed E-state index contributed by atoms with van der Waals surface area (Å²) in [7, 11) is 0. The van der Waals surface area contributed by atoms with E-state index < -0.39 is 12.7 Å². The van der Waals surface area contributed by atoms with E-state index in [-0.39, 0.29) is 12.4 Å². The van der Waals surface area contributed by atoms with Crippen molar-refractivity contribution in [3.63, 3.8) is 0 Å². The van der Waals surface area contributed by atoms with Crippen molar-refractivity contribution in [2.45, 2.75) is 26.5 Å². The summed E-state index contributed by atoms with van der Waals surface area (Å²) in [6.45, 7) is 3.89. The van der Waals surface area contributed by atoms with E-state index in [1.165, 1.54) is 0 Å². The van der Waals surface area contributed by atoms with Gasteiger partial charge in [-0.05, 0) is 36.1 Å². The smallest absolute Gasteiger partial charge is 0.125 e. The van der Waals surface area contributed by atoms with Crippen molar-refractivity contribution in [2.75, 3.05) is 6.67 Å². The third kappa shape index (κ3) is 4.45. The molecule has 0 saturated heterocycles. The zero-order valence-electron chi connectivity index (χ0n) is 12.3. The summed E-state index contributed by atoms with van der Waals surface area (Å²) in [6.07, 6.45) is 0. The number of alkyl halides is 1. The van der Waals surface area contributed by atoms with Gasteiger partial charge >= 0.3 is 0 Å². The molecule has 0 aliphatic rings. The minimum absolute atomic E-state index is 0. The zero-order chi connectivity index (χ0) is 14.5. The molecule has 2 N–H and O–H groups in total. The van der Waals surface area contributed by atoms with Crippen molar-refractivity contribution >= 4 is 12.4 Å². The van der Waals surface area contributed by atoms with Crippen LogP contribution in [0.1, 0.15) is 28.3 Å². The van der Waals surface area contributed by atoms with E-state index >= 15 is 0 Å². The highest BCUT2D eigenvalue weighted by atomic mass is 35.5. The van der Waals surface area contributed by atoms with Crippen molar-refractivity contribution in [1.82, 2.24) is 0 Å². The van der Waals surface area contributed by atoms with Gasteiger partial charge in [-0.3, -0.25) is 0 Å². The number of halogens is 2. The second-order valence-corrected chi connectivity index (χ2v) is 5.02. The van der Waals surface area contributed by atoms with Gasteiger partial charge in [0.15, 0.2) is 0 Å². The van der Waals surface area contributed by atoms with Crippen LogP contribution < -0.4 is 10.5 Å². The molecule has 2 rings (SSSR count). The molecule has 21 heavy (non-hydrogen) atoms. The minimum atomic E-state index is -0.560. The average Bonchev–Trinajstić information content (AvgIpc) is 2.46. The SMILES string of the molecule is Cc1cc([C@H](N)CF)cc(C)c1OCc1ccccc1.Cl. The molecule has 0 bridgehead atoms. The zero-order valence-corrected chi connectivity index (χ0v) is 13.1. The van der Waals surface area contributed by atoms with Gasteiger partial charge in [0.2, 0.25) is 0 Å². The molecule has 0 aliphatic heterocycles. The first kappa shape index (κ1) is 17.5. The van der Waals surface area contributed by atoms with Crippen LogP contribution in [0.25, 0.3) is 0 Å². The summed E-state index contributed by atoms with van der Waals surface area (Å²) in [6, 6.07) is 13.2. The van der Waals surface area contributed by atoms with Crippen LogP contribution >= 0.6 is 12.4 Å². The summed E-state index contributed by atoms with van der Waals surface area (Å²) >= 11 is 0. The number of benzene rings is 2. The average molecular weight is 310 g/mol. The summed E-state index contributed by atoms with van der Waals surface area (Å²) in [5.74, 6) is 0.851. The maximum Gasteiger partial charge on any atom is 0.125 e. The van der Waals surface area contributed by atoms with Gasteiger partial charge in [0, 0.05) is 0 Å². The van der Waals surface area contributed by atoms with Gasteiger partial charge < -0.3 is 10.5 Å². The molecule has 0 amide bonds. The van der Waals surface area contributed by atoms with Crippen LogP contribution in [0.4, 0.5) is 4.39 Å². The van der Waals surface area contributed by atoms with Gasteiger partial charge in [0.1, 0.15) is 19.0 Å². The molecule has 0 aliphatic carbocycles. The number of rotatable bonds is 5. The predicted molar refractivity (Wildman–Crippen MR) is 86.8 cm³/mol. The molecule has 1 atom stereocenters. The van der Waals surface area contributed by atoms with Gasteiger partial charge in [0.05, 0.1) is 6.04 Å². The number of aryl methyl sites for hydroxylation is 2. The van der Waals surface area contributed by atoms with Crippen molar-refractivity contribution < 1.29 is 9.13 Å². The normalized spacial score (nSPS) is 11.6. The van der Waals surface area contributed by atoms with Crippen LogP contribution in [0.15, 0.2) is 42.5 Å². The number of ether oxygens (including phenoxy) is 1. The Hall–Kier alpha value is -1.58. The molecule has 0 unspecified atom stereocenters. The van der Waals surface area contributed by atoms with Crippen molar-refractivity contribution in [1.29, 1.82) is 0 Å². The highest BCUT2D eigenvalue weighted by Crippen LogP contribution is 2.27. The quantitative estimate of drug-likeness (QED) is 0.895. The Balaban J connectivity index is 0.00000220. The fourth-order valence-electron chi connectivity index (χ4n) is 2.24. The van der Waals surface area contributed by atoms with E-state index in [9.17, 15) is 4.39 Å². The van der Waals surface area contributed by atoms with E-state index in [0.29, 0.717) is 6.61 Å². The molecule has 0 saturated carbocycles. The Labute approximate surface area is 131 Å².